The quantitative estimate of drug-likeness (QED) is 0.610. The van der Waals surface area contributed by atoms with E-state index in [0.29, 0.717) is 35.3 Å². The van der Waals surface area contributed by atoms with Gasteiger partial charge in [0.15, 0.2) is 0 Å². The van der Waals surface area contributed by atoms with Crippen LogP contribution in [0.1, 0.15) is 24.5 Å². The highest BCUT2D eigenvalue weighted by atomic mass is 35.5. The summed E-state index contributed by atoms with van der Waals surface area (Å²) in [5.74, 6) is 0.00415. The first kappa shape index (κ1) is 18.6. The molecule has 8 nitrogen and oxygen atoms in total. The Hall–Kier alpha value is -2.71. The van der Waals surface area contributed by atoms with E-state index in [1.807, 2.05) is 6.07 Å². The maximum Gasteiger partial charge on any atom is 0.293 e. The van der Waals surface area contributed by atoms with Crippen molar-refractivity contribution in [1.82, 2.24) is 24.9 Å². The number of hydrogen-bond acceptors (Lipinski definition) is 5. The van der Waals surface area contributed by atoms with Crippen LogP contribution in [0.2, 0.25) is 5.02 Å². The molecule has 2 heterocycles. The minimum atomic E-state index is -0.362. The third-order valence-electron chi connectivity index (χ3n) is 4.65. The largest absolute Gasteiger partial charge is 0.383 e. The lowest BCUT2D eigenvalue weighted by Crippen LogP contribution is -2.36. The highest BCUT2D eigenvalue weighted by molar-refractivity contribution is 6.30. The first-order valence-corrected chi connectivity index (χ1v) is 9.46. The number of nitrogens with zero attached hydrogens (tertiary/aromatic N) is 4. The van der Waals surface area contributed by atoms with Crippen molar-refractivity contribution in [2.45, 2.75) is 25.3 Å². The number of methoxy groups -OCH3 is 1. The molecule has 1 N–H and O–H groups in total. The van der Waals surface area contributed by atoms with Gasteiger partial charge in [-0.3, -0.25) is 9.59 Å². The zero-order valence-corrected chi connectivity index (χ0v) is 16.1. The Kier molecular flexibility index (Phi) is 5.15. The first-order chi connectivity index (χ1) is 13.6. The number of halogens is 1. The molecular weight excluding hydrogens is 382 g/mol. The molecule has 1 aliphatic rings. The summed E-state index contributed by atoms with van der Waals surface area (Å²) in [6.07, 6.45) is 3.70. The predicted molar refractivity (Wildman–Crippen MR) is 105 cm³/mol. The molecule has 0 unspecified atom stereocenters. The molecule has 1 aliphatic carbocycles. The molecule has 4 rings (SSSR count). The number of carbonyl (C=O) groups excluding carboxylic acids is 1. The van der Waals surface area contributed by atoms with Crippen LogP contribution in [-0.4, -0.2) is 45.7 Å². The van der Waals surface area contributed by atoms with Crippen LogP contribution >= 0.6 is 11.6 Å². The summed E-state index contributed by atoms with van der Waals surface area (Å²) in [5.41, 5.74) is 1.54. The van der Waals surface area contributed by atoms with Crippen LogP contribution in [0.3, 0.4) is 0 Å². The molecule has 0 radical (unpaired) electrons. The van der Waals surface area contributed by atoms with Crippen molar-refractivity contribution in [3.63, 3.8) is 0 Å². The molecule has 9 heteroatoms. The van der Waals surface area contributed by atoms with Gasteiger partial charge < -0.3 is 10.1 Å². The summed E-state index contributed by atoms with van der Waals surface area (Å²) in [4.78, 5) is 25.3. The Morgan fingerprint density at radius 1 is 1.39 bits per heavy atom. The summed E-state index contributed by atoms with van der Waals surface area (Å²) in [7, 11) is 1.56. The molecule has 0 atom stereocenters. The van der Waals surface area contributed by atoms with Gasteiger partial charge in [-0.15, -0.1) is 0 Å². The van der Waals surface area contributed by atoms with Crippen LogP contribution < -0.4 is 10.9 Å². The molecule has 1 saturated carbocycles. The van der Waals surface area contributed by atoms with Crippen LogP contribution in [0, 0.1) is 0 Å². The molecule has 0 bridgehead atoms. The van der Waals surface area contributed by atoms with Gasteiger partial charge in [0.2, 0.25) is 5.91 Å². The average Bonchev–Trinajstić information content (AvgIpc) is 3.42. The highest BCUT2D eigenvalue weighted by Gasteiger charge is 2.30. The number of fused-ring (bicyclic) bond motifs is 1. The molecule has 28 heavy (non-hydrogen) atoms. The van der Waals surface area contributed by atoms with Gasteiger partial charge in [0.25, 0.3) is 5.56 Å². The van der Waals surface area contributed by atoms with Crippen molar-refractivity contribution in [3.05, 3.63) is 51.5 Å². The third-order valence-corrected chi connectivity index (χ3v) is 4.88. The Morgan fingerprint density at radius 3 is 2.93 bits per heavy atom. The number of ether oxygens (including phenoxy) is 1. The minimum absolute atomic E-state index is 0.154. The number of amides is 1. The zero-order valence-electron chi connectivity index (χ0n) is 15.4. The van der Waals surface area contributed by atoms with Crippen molar-refractivity contribution in [2.24, 2.45) is 0 Å². The standard InChI is InChI=1S/C19H20ClN5O3/c1-28-8-7-21-16(26)11-24-19(27)18-15(17(23-24)12-5-6-12)10-22-25(18)14-4-2-3-13(20)9-14/h2-4,9-10,12H,5-8,11H2,1H3,(H,21,26). The van der Waals surface area contributed by atoms with Gasteiger partial charge in [0.05, 0.1) is 24.2 Å². The number of hydrogen-bond donors (Lipinski definition) is 1. The van der Waals surface area contributed by atoms with E-state index in [1.54, 1.807) is 36.2 Å². The number of aromatic nitrogens is 4. The van der Waals surface area contributed by atoms with Crippen LogP contribution in [0.25, 0.3) is 16.6 Å². The molecule has 2 aromatic heterocycles. The molecule has 1 fully saturated rings. The summed E-state index contributed by atoms with van der Waals surface area (Å²) >= 11 is 6.11. The highest BCUT2D eigenvalue weighted by Crippen LogP contribution is 2.41. The lowest BCUT2D eigenvalue weighted by molar-refractivity contribution is -0.122. The lowest BCUT2D eigenvalue weighted by Gasteiger charge is -2.10. The summed E-state index contributed by atoms with van der Waals surface area (Å²) < 4.78 is 7.71. The fourth-order valence-electron chi connectivity index (χ4n) is 3.15. The van der Waals surface area contributed by atoms with Crippen molar-refractivity contribution >= 4 is 28.4 Å². The van der Waals surface area contributed by atoms with Gasteiger partial charge in [0.1, 0.15) is 12.1 Å². The maximum atomic E-state index is 13.1. The van der Waals surface area contributed by atoms with E-state index in [9.17, 15) is 9.59 Å². The van der Waals surface area contributed by atoms with Gasteiger partial charge in [-0.2, -0.15) is 10.2 Å². The van der Waals surface area contributed by atoms with Crippen LogP contribution in [0.5, 0.6) is 0 Å². The number of benzene rings is 1. The molecule has 1 amide bonds. The van der Waals surface area contributed by atoms with Crippen molar-refractivity contribution in [1.29, 1.82) is 0 Å². The predicted octanol–water partition coefficient (Wildman–Crippen LogP) is 1.88. The van der Waals surface area contributed by atoms with Crippen LogP contribution in [-0.2, 0) is 16.1 Å². The van der Waals surface area contributed by atoms with E-state index in [1.165, 1.54) is 4.68 Å². The fraction of sp³-hybridized carbons (Fsp3) is 0.368. The van der Waals surface area contributed by atoms with Gasteiger partial charge in [-0.05, 0) is 31.0 Å². The van der Waals surface area contributed by atoms with Gasteiger partial charge >= 0.3 is 0 Å². The van der Waals surface area contributed by atoms with E-state index < -0.39 is 0 Å². The average molecular weight is 402 g/mol. The molecule has 0 saturated heterocycles. The van der Waals surface area contributed by atoms with E-state index in [-0.39, 0.29) is 18.0 Å². The number of rotatable bonds is 7. The molecule has 0 spiro atoms. The molecular formula is C19H20ClN5O3. The van der Waals surface area contributed by atoms with Crippen molar-refractivity contribution in [3.8, 4) is 5.69 Å². The van der Waals surface area contributed by atoms with Gasteiger partial charge in [-0.25, -0.2) is 9.36 Å². The number of carbonyl (C=O) groups is 1. The smallest absolute Gasteiger partial charge is 0.293 e. The summed E-state index contributed by atoms with van der Waals surface area (Å²) in [6, 6.07) is 7.13. The second kappa shape index (κ2) is 7.73. The zero-order chi connectivity index (χ0) is 19.7. The summed E-state index contributed by atoms with van der Waals surface area (Å²) in [5, 5.41) is 12.9. The van der Waals surface area contributed by atoms with E-state index in [0.717, 1.165) is 23.9 Å². The van der Waals surface area contributed by atoms with E-state index in [2.05, 4.69) is 15.5 Å². The van der Waals surface area contributed by atoms with Gasteiger partial charge in [-0.1, -0.05) is 17.7 Å². The Labute approximate surface area is 166 Å². The molecule has 146 valence electrons. The second-order valence-corrected chi connectivity index (χ2v) is 7.20. The summed E-state index contributed by atoms with van der Waals surface area (Å²) in [6.45, 7) is 0.628. The Morgan fingerprint density at radius 2 is 2.21 bits per heavy atom. The maximum absolute atomic E-state index is 13.1. The molecule has 3 aromatic rings. The van der Waals surface area contributed by atoms with Gasteiger partial charge in [0, 0.05) is 30.0 Å². The van der Waals surface area contributed by atoms with E-state index >= 15 is 0 Å². The monoisotopic (exact) mass is 401 g/mol. The van der Waals surface area contributed by atoms with Crippen LogP contribution in [0.4, 0.5) is 0 Å². The third kappa shape index (κ3) is 3.65. The number of nitrogens with one attached hydrogen (secondary N) is 1. The molecule has 1 aromatic carbocycles. The van der Waals surface area contributed by atoms with Crippen molar-refractivity contribution in [2.75, 3.05) is 20.3 Å². The normalized spacial score (nSPS) is 13.8. The fourth-order valence-corrected chi connectivity index (χ4v) is 3.33. The minimum Gasteiger partial charge on any atom is -0.383 e. The first-order valence-electron chi connectivity index (χ1n) is 9.09. The topological polar surface area (TPSA) is 91.0 Å². The van der Waals surface area contributed by atoms with Crippen molar-refractivity contribution < 1.29 is 9.53 Å². The SMILES string of the molecule is COCCNC(=O)Cn1nc(C2CC2)c2cnn(-c3cccc(Cl)c3)c2c1=O. The lowest BCUT2D eigenvalue weighted by atomic mass is 10.2. The molecule has 0 aliphatic heterocycles. The second-order valence-electron chi connectivity index (χ2n) is 6.76. The Bertz CT molecular complexity index is 1090. The van der Waals surface area contributed by atoms with Crippen LogP contribution in [0.15, 0.2) is 35.3 Å². The Balaban J connectivity index is 1.78. The van der Waals surface area contributed by atoms with E-state index in [4.69, 9.17) is 16.3 Å².